The van der Waals surface area contributed by atoms with Crippen LogP contribution in [-0.2, 0) is 0 Å². The number of ether oxygens (including phenoxy) is 1. The molecule has 20 heavy (non-hydrogen) atoms. The molecule has 3 nitrogen and oxygen atoms in total. The molecule has 5 heteroatoms. The number of halogens is 1. The summed E-state index contributed by atoms with van der Waals surface area (Å²) in [6, 6.07) is 13.7. The second kappa shape index (κ2) is 5.23. The Morgan fingerprint density at radius 2 is 2.15 bits per heavy atom. The number of fused-ring (bicyclic) bond motifs is 1. The van der Waals surface area contributed by atoms with Crippen molar-refractivity contribution in [2.75, 3.05) is 7.11 Å². The predicted octanol–water partition coefficient (Wildman–Crippen LogP) is 4.61. The van der Waals surface area contributed by atoms with Gasteiger partial charge in [-0.3, -0.25) is 0 Å². The first-order valence-corrected chi connectivity index (χ1v) is 7.47. The van der Waals surface area contributed by atoms with Crippen LogP contribution in [0.25, 0.3) is 20.8 Å². The Bertz CT molecular complexity index is 835. The summed E-state index contributed by atoms with van der Waals surface area (Å²) in [5.74, 6) is 0.577. The molecule has 0 saturated heterocycles. The van der Waals surface area contributed by atoms with E-state index in [2.05, 4.69) is 27.0 Å². The Hall–Kier alpha value is -1.90. The summed E-state index contributed by atoms with van der Waals surface area (Å²) >= 11 is 5.03. The Kier molecular flexibility index (Phi) is 3.43. The number of hydrogen-bond acceptors (Lipinski definition) is 4. The van der Waals surface area contributed by atoms with Crippen LogP contribution in [0, 0.1) is 11.3 Å². The van der Waals surface area contributed by atoms with Crippen molar-refractivity contribution in [3.8, 4) is 22.4 Å². The second-order valence-corrected chi connectivity index (χ2v) is 6.08. The number of thiazole rings is 1. The summed E-state index contributed by atoms with van der Waals surface area (Å²) < 4.78 is 7.48. The van der Waals surface area contributed by atoms with E-state index in [-0.39, 0.29) is 0 Å². The van der Waals surface area contributed by atoms with Crippen LogP contribution in [-0.4, -0.2) is 12.1 Å². The van der Waals surface area contributed by atoms with E-state index in [0.29, 0.717) is 11.3 Å². The summed E-state index contributed by atoms with van der Waals surface area (Å²) in [5, 5.41) is 10.00. The largest absolute Gasteiger partial charge is 0.495 e. The van der Waals surface area contributed by atoms with E-state index in [1.54, 1.807) is 24.5 Å². The Labute approximate surface area is 128 Å². The van der Waals surface area contributed by atoms with Gasteiger partial charge in [-0.1, -0.05) is 22.0 Å². The molecule has 0 N–H and O–H groups in total. The molecule has 0 aliphatic carbocycles. The molecule has 0 unspecified atom stereocenters. The molecule has 3 aromatic rings. The van der Waals surface area contributed by atoms with Gasteiger partial charge < -0.3 is 4.74 Å². The van der Waals surface area contributed by atoms with E-state index in [0.717, 1.165) is 25.3 Å². The average Bonchev–Trinajstić information content (AvgIpc) is 2.88. The van der Waals surface area contributed by atoms with Gasteiger partial charge >= 0.3 is 0 Å². The average molecular weight is 345 g/mol. The van der Waals surface area contributed by atoms with Crippen LogP contribution in [0.1, 0.15) is 5.56 Å². The van der Waals surface area contributed by atoms with E-state index in [1.165, 1.54) is 0 Å². The van der Waals surface area contributed by atoms with E-state index in [9.17, 15) is 0 Å². The Morgan fingerprint density at radius 3 is 2.90 bits per heavy atom. The molecule has 0 saturated carbocycles. The standard InChI is InChI=1S/C15H9BrN2OS/c1-19-14-9(8-17)3-2-4-11(14)15-18-12-7-10(16)5-6-13(12)20-15/h2-7H,1H3. The summed E-state index contributed by atoms with van der Waals surface area (Å²) in [4.78, 5) is 4.63. The lowest BCUT2D eigenvalue weighted by Crippen LogP contribution is -1.91. The van der Waals surface area contributed by atoms with Crippen molar-refractivity contribution in [3.63, 3.8) is 0 Å². The van der Waals surface area contributed by atoms with Crippen molar-refractivity contribution < 1.29 is 4.74 Å². The number of methoxy groups -OCH3 is 1. The molecule has 0 radical (unpaired) electrons. The van der Waals surface area contributed by atoms with E-state index >= 15 is 0 Å². The summed E-state index contributed by atoms with van der Waals surface area (Å²) in [5.41, 5.74) is 2.30. The minimum Gasteiger partial charge on any atom is -0.495 e. The molecule has 0 aliphatic rings. The normalized spacial score (nSPS) is 10.4. The van der Waals surface area contributed by atoms with Crippen LogP contribution in [0.2, 0.25) is 0 Å². The fraction of sp³-hybridized carbons (Fsp3) is 0.0667. The highest BCUT2D eigenvalue weighted by Crippen LogP contribution is 2.37. The van der Waals surface area contributed by atoms with Crippen molar-refractivity contribution in [1.82, 2.24) is 4.98 Å². The van der Waals surface area contributed by atoms with Crippen molar-refractivity contribution >= 4 is 37.5 Å². The van der Waals surface area contributed by atoms with E-state index in [1.807, 2.05) is 30.3 Å². The summed E-state index contributed by atoms with van der Waals surface area (Å²) in [6.07, 6.45) is 0. The first-order valence-electron chi connectivity index (χ1n) is 5.86. The van der Waals surface area contributed by atoms with Gasteiger partial charge in [-0.25, -0.2) is 4.98 Å². The van der Waals surface area contributed by atoms with Gasteiger partial charge in [0.05, 0.1) is 28.5 Å². The summed E-state index contributed by atoms with van der Waals surface area (Å²) in [6.45, 7) is 0. The highest BCUT2D eigenvalue weighted by atomic mass is 79.9. The second-order valence-electron chi connectivity index (χ2n) is 4.13. The maximum atomic E-state index is 9.14. The van der Waals surface area contributed by atoms with Crippen molar-refractivity contribution in [3.05, 3.63) is 46.4 Å². The summed E-state index contributed by atoms with van der Waals surface area (Å²) in [7, 11) is 1.57. The van der Waals surface area contributed by atoms with Crippen molar-refractivity contribution in [2.45, 2.75) is 0 Å². The van der Waals surface area contributed by atoms with Gasteiger partial charge in [0.2, 0.25) is 0 Å². The highest BCUT2D eigenvalue weighted by Gasteiger charge is 2.14. The molecule has 0 bridgehead atoms. The molecular weight excluding hydrogens is 336 g/mol. The van der Waals surface area contributed by atoms with Gasteiger partial charge in [0.15, 0.2) is 0 Å². The third-order valence-electron chi connectivity index (χ3n) is 2.92. The highest BCUT2D eigenvalue weighted by molar-refractivity contribution is 9.10. The smallest absolute Gasteiger partial charge is 0.146 e. The molecule has 0 aliphatic heterocycles. The molecular formula is C15H9BrN2OS. The molecule has 0 atom stereocenters. The fourth-order valence-electron chi connectivity index (χ4n) is 2.03. The predicted molar refractivity (Wildman–Crippen MR) is 84.0 cm³/mol. The number of benzene rings is 2. The topological polar surface area (TPSA) is 45.9 Å². The van der Waals surface area contributed by atoms with Crippen LogP contribution < -0.4 is 4.74 Å². The SMILES string of the molecule is COc1c(C#N)cccc1-c1nc2cc(Br)ccc2s1. The number of nitriles is 1. The zero-order valence-electron chi connectivity index (χ0n) is 10.6. The van der Waals surface area contributed by atoms with Gasteiger partial charge in [-0.05, 0) is 30.3 Å². The molecule has 3 rings (SSSR count). The minimum atomic E-state index is 0.519. The number of aromatic nitrogens is 1. The van der Waals surface area contributed by atoms with Crippen LogP contribution >= 0.6 is 27.3 Å². The lowest BCUT2D eigenvalue weighted by Gasteiger charge is -2.06. The lowest BCUT2D eigenvalue weighted by atomic mass is 10.1. The molecule has 98 valence electrons. The van der Waals surface area contributed by atoms with E-state index in [4.69, 9.17) is 10.00 Å². The van der Waals surface area contributed by atoms with Crippen LogP contribution in [0.4, 0.5) is 0 Å². The monoisotopic (exact) mass is 344 g/mol. The quantitative estimate of drug-likeness (QED) is 0.682. The third kappa shape index (κ3) is 2.17. The van der Waals surface area contributed by atoms with Crippen molar-refractivity contribution in [2.24, 2.45) is 0 Å². The maximum Gasteiger partial charge on any atom is 0.146 e. The van der Waals surface area contributed by atoms with Crippen LogP contribution in [0.15, 0.2) is 40.9 Å². The molecule has 1 heterocycles. The van der Waals surface area contributed by atoms with Crippen LogP contribution in [0.3, 0.4) is 0 Å². The first-order chi connectivity index (χ1) is 9.72. The molecule has 0 spiro atoms. The van der Waals surface area contributed by atoms with Gasteiger partial charge in [-0.2, -0.15) is 5.26 Å². The number of rotatable bonds is 2. The third-order valence-corrected chi connectivity index (χ3v) is 4.48. The maximum absolute atomic E-state index is 9.14. The van der Waals surface area contributed by atoms with Gasteiger partial charge in [0.1, 0.15) is 16.8 Å². The zero-order valence-corrected chi connectivity index (χ0v) is 13.0. The van der Waals surface area contributed by atoms with Gasteiger partial charge in [-0.15, -0.1) is 11.3 Å². The number of para-hydroxylation sites is 1. The number of hydrogen-bond donors (Lipinski definition) is 0. The Balaban J connectivity index is 2.23. The van der Waals surface area contributed by atoms with E-state index < -0.39 is 0 Å². The van der Waals surface area contributed by atoms with Crippen LogP contribution in [0.5, 0.6) is 5.75 Å². The molecule has 1 aromatic heterocycles. The fourth-order valence-corrected chi connectivity index (χ4v) is 3.35. The van der Waals surface area contributed by atoms with Crippen molar-refractivity contribution in [1.29, 1.82) is 5.26 Å². The molecule has 0 fully saturated rings. The van der Waals surface area contributed by atoms with Gasteiger partial charge in [0.25, 0.3) is 0 Å². The first kappa shape index (κ1) is 13.1. The molecule has 0 amide bonds. The Morgan fingerprint density at radius 1 is 1.30 bits per heavy atom. The lowest BCUT2D eigenvalue weighted by molar-refractivity contribution is 0.415. The minimum absolute atomic E-state index is 0.519. The van der Waals surface area contributed by atoms with Gasteiger partial charge in [0, 0.05) is 4.47 Å². The zero-order chi connectivity index (χ0) is 14.1. The molecule has 2 aromatic carbocycles. The number of nitrogens with zero attached hydrogens (tertiary/aromatic N) is 2.